The third-order valence-corrected chi connectivity index (χ3v) is 5.14. The lowest BCUT2D eigenvalue weighted by atomic mass is 9.94. The highest BCUT2D eigenvalue weighted by atomic mass is 16.6. The molecule has 1 fully saturated rings. The zero-order valence-electron chi connectivity index (χ0n) is 16.0. The quantitative estimate of drug-likeness (QED) is 0.715. The number of benzene rings is 1. The molecule has 0 aliphatic carbocycles. The molecule has 0 radical (unpaired) electrons. The zero-order valence-corrected chi connectivity index (χ0v) is 16.0. The van der Waals surface area contributed by atoms with Gasteiger partial charge in [-0.15, -0.1) is 0 Å². The number of carbonyl (C=O) groups excluding carboxylic acids is 1. The van der Waals surface area contributed by atoms with Crippen molar-refractivity contribution in [1.29, 1.82) is 0 Å². The van der Waals surface area contributed by atoms with E-state index in [-0.39, 0.29) is 18.2 Å². The summed E-state index contributed by atoms with van der Waals surface area (Å²) in [4.78, 5) is 14.5. The van der Waals surface area contributed by atoms with Gasteiger partial charge in [0, 0.05) is 6.04 Å². The van der Waals surface area contributed by atoms with E-state index < -0.39 is 5.60 Å². The average molecular weight is 341 g/mol. The molecule has 3 heteroatoms. The Hall–Kier alpha value is -1.77. The van der Waals surface area contributed by atoms with Crippen LogP contribution in [-0.4, -0.2) is 28.7 Å². The van der Waals surface area contributed by atoms with Crippen molar-refractivity contribution in [2.75, 3.05) is 0 Å². The minimum Gasteiger partial charge on any atom is -0.444 e. The zero-order chi connectivity index (χ0) is 18.0. The van der Waals surface area contributed by atoms with Crippen molar-refractivity contribution in [1.82, 2.24) is 4.90 Å². The number of amides is 1. The molecule has 0 spiro atoms. The minimum absolute atomic E-state index is 0.162. The first-order chi connectivity index (χ1) is 11.9. The Morgan fingerprint density at radius 2 is 1.92 bits per heavy atom. The smallest absolute Gasteiger partial charge is 0.411 e. The van der Waals surface area contributed by atoms with Gasteiger partial charge >= 0.3 is 6.09 Å². The molecule has 1 aromatic carbocycles. The van der Waals surface area contributed by atoms with E-state index >= 15 is 0 Å². The molecule has 25 heavy (non-hydrogen) atoms. The number of hydrogen-bond donors (Lipinski definition) is 0. The summed E-state index contributed by atoms with van der Waals surface area (Å²) >= 11 is 0. The first-order valence-electron chi connectivity index (χ1n) is 9.68. The van der Waals surface area contributed by atoms with Gasteiger partial charge in [-0.05, 0) is 69.6 Å². The van der Waals surface area contributed by atoms with Crippen molar-refractivity contribution in [3.8, 4) is 0 Å². The van der Waals surface area contributed by atoms with Crippen LogP contribution in [0.2, 0.25) is 0 Å². The number of nitrogens with zero attached hydrogens (tertiary/aromatic N) is 1. The summed E-state index contributed by atoms with van der Waals surface area (Å²) in [5, 5.41) is 0. The number of unbranched alkanes of at least 4 members (excludes halogenated alkanes) is 1. The van der Waals surface area contributed by atoms with Crippen LogP contribution in [0.1, 0.15) is 70.9 Å². The van der Waals surface area contributed by atoms with Crippen LogP contribution >= 0.6 is 0 Å². The summed E-state index contributed by atoms with van der Waals surface area (Å²) in [5.41, 5.74) is 3.67. The Kier molecular flexibility index (Phi) is 5.21. The van der Waals surface area contributed by atoms with Gasteiger partial charge in [-0.2, -0.15) is 0 Å². The lowest BCUT2D eigenvalue weighted by Gasteiger charge is -2.35. The third-order valence-electron chi connectivity index (χ3n) is 5.14. The molecular formula is C22H31NO2. The predicted octanol–water partition coefficient (Wildman–Crippen LogP) is 5.58. The highest BCUT2D eigenvalue weighted by Gasteiger charge is 2.41. The summed E-state index contributed by atoms with van der Waals surface area (Å²) in [6.45, 7) is 8.02. The highest BCUT2D eigenvalue weighted by Crippen LogP contribution is 2.39. The fourth-order valence-corrected chi connectivity index (χ4v) is 3.91. The van der Waals surface area contributed by atoms with Crippen LogP contribution in [0.3, 0.4) is 0 Å². The highest BCUT2D eigenvalue weighted by molar-refractivity contribution is 5.75. The first kappa shape index (κ1) is 18.0. The van der Waals surface area contributed by atoms with Crippen molar-refractivity contribution in [3.63, 3.8) is 0 Å². The average Bonchev–Trinajstić information content (AvgIpc) is 2.82. The van der Waals surface area contributed by atoms with E-state index in [1.807, 2.05) is 25.7 Å². The first-order valence-corrected chi connectivity index (χ1v) is 9.68. The number of fused-ring (bicyclic) bond motifs is 2. The van der Waals surface area contributed by atoms with Crippen molar-refractivity contribution in [2.45, 2.75) is 83.9 Å². The van der Waals surface area contributed by atoms with Gasteiger partial charge in [0.25, 0.3) is 0 Å². The van der Waals surface area contributed by atoms with E-state index in [1.165, 1.54) is 29.5 Å². The van der Waals surface area contributed by atoms with Crippen LogP contribution in [0.15, 0.2) is 30.3 Å². The summed E-state index contributed by atoms with van der Waals surface area (Å²) in [6.07, 6.45) is 8.81. The van der Waals surface area contributed by atoms with Gasteiger partial charge in [-0.3, -0.25) is 4.90 Å². The Labute approximate surface area is 152 Å². The monoisotopic (exact) mass is 341 g/mol. The van der Waals surface area contributed by atoms with E-state index in [0.29, 0.717) is 0 Å². The van der Waals surface area contributed by atoms with Crippen LogP contribution in [0, 0.1) is 0 Å². The SMILES string of the molecule is CCCCc1ccc(C2=CC3CCC(C2)N3C(=O)OC(C)(C)C)cc1. The Morgan fingerprint density at radius 1 is 1.20 bits per heavy atom. The molecule has 1 amide bonds. The summed E-state index contributed by atoms with van der Waals surface area (Å²) < 4.78 is 5.61. The Morgan fingerprint density at radius 3 is 2.52 bits per heavy atom. The number of carbonyl (C=O) groups is 1. The summed E-state index contributed by atoms with van der Waals surface area (Å²) in [5.74, 6) is 0. The minimum atomic E-state index is -0.436. The molecule has 3 rings (SSSR count). The lowest BCUT2D eigenvalue weighted by molar-refractivity contribution is 0.0175. The fourth-order valence-electron chi connectivity index (χ4n) is 3.91. The Balaban J connectivity index is 1.72. The third kappa shape index (κ3) is 4.26. The van der Waals surface area contributed by atoms with Crippen LogP contribution in [0.4, 0.5) is 4.79 Å². The number of ether oxygens (including phenoxy) is 1. The molecule has 3 nitrogen and oxygen atoms in total. The molecule has 136 valence electrons. The second kappa shape index (κ2) is 7.23. The number of hydrogen-bond acceptors (Lipinski definition) is 2. The van der Waals surface area contributed by atoms with Gasteiger partial charge in [0.05, 0.1) is 6.04 Å². The van der Waals surface area contributed by atoms with Crippen molar-refractivity contribution < 1.29 is 9.53 Å². The van der Waals surface area contributed by atoms with Gasteiger partial charge in [0.1, 0.15) is 5.60 Å². The molecule has 1 saturated heterocycles. The summed E-state index contributed by atoms with van der Waals surface area (Å²) in [6, 6.07) is 9.48. The van der Waals surface area contributed by atoms with Gasteiger partial charge in [-0.25, -0.2) is 4.79 Å². The van der Waals surface area contributed by atoms with Crippen LogP contribution in [-0.2, 0) is 11.2 Å². The maximum atomic E-state index is 12.5. The second-order valence-corrected chi connectivity index (χ2v) is 8.38. The van der Waals surface area contributed by atoms with E-state index in [9.17, 15) is 4.79 Å². The van der Waals surface area contributed by atoms with E-state index in [4.69, 9.17) is 4.74 Å². The van der Waals surface area contributed by atoms with Crippen LogP contribution in [0.25, 0.3) is 5.57 Å². The van der Waals surface area contributed by atoms with Crippen molar-refractivity contribution in [3.05, 3.63) is 41.5 Å². The molecule has 2 unspecified atom stereocenters. The molecule has 2 atom stereocenters. The van der Waals surface area contributed by atoms with Gasteiger partial charge in [-0.1, -0.05) is 43.7 Å². The van der Waals surface area contributed by atoms with E-state index in [2.05, 4.69) is 37.3 Å². The normalized spacial score (nSPS) is 22.7. The fraction of sp³-hybridized carbons (Fsp3) is 0.591. The molecule has 0 N–H and O–H groups in total. The topological polar surface area (TPSA) is 29.5 Å². The van der Waals surface area contributed by atoms with Gasteiger partial charge in [0.15, 0.2) is 0 Å². The van der Waals surface area contributed by atoms with Crippen molar-refractivity contribution in [2.24, 2.45) is 0 Å². The molecule has 0 saturated carbocycles. The molecule has 0 aromatic heterocycles. The molecular weight excluding hydrogens is 310 g/mol. The van der Waals surface area contributed by atoms with Gasteiger partial charge < -0.3 is 4.74 Å². The lowest BCUT2D eigenvalue weighted by Crippen LogP contribution is -2.45. The molecule has 2 aliphatic heterocycles. The molecule has 2 bridgehead atoms. The van der Waals surface area contributed by atoms with Gasteiger partial charge in [0.2, 0.25) is 0 Å². The summed E-state index contributed by atoms with van der Waals surface area (Å²) in [7, 11) is 0. The maximum absolute atomic E-state index is 12.5. The van der Waals surface area contributed by atoms with Crippen LogP contribution in [0.5, 0.6) is 0 Å². The van der Waals surface area contributed by atoms with Crippen LogP contribution < -0.4 is 0 Å². The van der Waals surface area contributed by atoms with Crippen molar-refractivity contribution >= 4 is 11.7 Å². The predicted molar refractivity (Wildman–Crippen MR) is 103 cm³/mol. The number of aryl methyl sites for hydroxylation is 1. The molecule has 1 aromatic rings. The van der Waals surface area contributed by atoms with E-state index in [0.717, 1.165) is 25.7 Å². The molecule has 2 heterocycles. The maximum Gasteiger partial charge on any atom is 0.411 e. The largest absolute Gasteiger partial charge is 0.444 e. The Bertz CT molecular complexity index is 639. The molecule has 2 aliphatic rings. The second-order valence-electron chi connectivity index (χ2n) is 8.38. The van der Waals surface area contributed by atoms with E-state index in [1.54, 1.807) is 0 Å². The standard InChI is InChI=1S/C22H31NO2/c1-5-6-7-16-8-10-17(11-9-16)18-14-19-12-13-20(15-18)23(19)21(24)25-22(2,3)4/h8-11,14,19-20H,5-7,12-13,15H2,1-4H3. The number of rotatable bonds is 4.